The monoisotopic (exact) mass is 1640 g/mol. The first kappa shape index (κ1) is 86.1. The number of rotatable bonds is 11. The lowest BCUT2D eigenvalue weighted by molar-refractivity contribution is 0.0963. The van der Waals surface area contributed by atoms with Gasteiger partial charge in [0.15, 0.2) is 34.0 Å². The summed E-state index contributed by atoms with van der Waals surface area (Å²) in [5.74, 6) is 0.519. The van der Waals surface area contributed by atoms with Gasteiger partial charge >= 0.3 is 0 Å². The van der Waals surface area contributed by atoms with Gasteiger partial charge in [0.2, 0.25) is 0 Å². The Hall–Kier alpha value is -13.7. The number of benzene rings is 8. The van der Waals surface area contributed by atoms with Crippen molar-refractivity contribution in [3.05, 3.63) is 276 Å². The van der Waals surface area contributed by atoms with Crippen molar-refractivity contribution in [3.8, 4) is 45.0 Å². The zero-order valence-electron chi connectivity index (χ0n) is 71.5. The molecule has 10 heterocycles. The van der Waals surface area contributed by atoms with E-state index in [0.717, 1.165) is 118 Å². The Morgan fingerprint density at radius 1 is 0.361 bits per heavy atom. The minimum absolute atomic E-state index is 0. The highest BCUT2D eigenvalue weighted by molar-refractivity contribution is 6.30. The van der Waals surface area contributed by atoms with Gasteiger partial charge < -0.3 is 28.7 Å². The number of nitrogens with two attached hydrogens (primary N) is 5. The topological polar surface area (TPSA) is 314 Å². The molecule has 122 heavy (non-hydrogen) atoms. The third kappa shape index (κ3) is 17.9. The van der Waals surface area contributed by atoms with Gasteiger partial charge in [0, 0.05) is 93.2 Å². The van der Waals surface area contributed by atoms with Crippen molar-refractivity contribution in [2.45, 2.75) is 165 Å². The molecule has 0 aliphatic rings. The Morgan fingerprint density at radius 2 is 0.730 bits per heavy atom. The second-order valence-electron chi connectivity index (χ2n) is 35.1. The van der Waals surface area contributed by atoms with E-state index < -0.39 is 5.54 Å². The molecule has 0 radical (unpaired) electrons. The molecule has 0 fully saturated rings. The first-order chi connectivity index (χ1) is 57.5. The van der Waals surface area contributed by atoms with Crippen LogP contribution >= 0.6 is 11.6 Å². The minimum Gasteiger partial charge on any atom is -0.398 e. The lowest BCUT2D eigenvalue weighted by atomic mass is 9.95. The molecule has 10 aromatic heterocycles. The maximum Gasteiger partial charge on any atom is 0.164 e. The number of carbonyl (C=O) groups excluding carboxylic acids is 1. The third-order valence-corrected chi connectivity index (χ3v) is 21.4. The summed E-state index contributed by atoms with van der Waals surface area (Å²) in [6, 6.07) is 70.2. The molecule has 10 N–H and O–H groups in total. The van der Waals surface area contributed by atoms with Gasteiger partial charge in [-0.15, -0.1) is 0 Å². The van der Waals surface area contributed by atoms with Gasteiger partial charge in [-0.05, 0) is 181 Å². The van der Waals surface area contributed by atoms with Crippen LogP contribution in [0, 0.1) is 13.8 Å². The van der Waals surface area contributed by atoms with Gasteiger partial charge in [-0.2, -0.15) is 25.5 Å². The number of pyridine rings is 4. The molecule has 0 bridgehead atoms. The second kappa shape index (κ2) is 34.5. The normalized spacial score (nSPS) is 11.9. The van der Waals surface area contributed by atoms with Gasteiger partial charge in [0.05, 0.1) is 60.3 Å². The summed E-state index contributed by atoms with van der Waals surface area (Å²) in [7, 11) is 0. The largest absolute Gasteiger partial charge is 0.398 e. The third-order valence-electron chi connectivity index (χ3n) is 21.2. The summed E-state index contributed by atoms with van der Waals surface area (Å²) in [4.78, 5) is 39.4. The number of aryl methyl sites for hydroxylation is 2. The van der Waals surface area contributed by atoms with E-state index in [4.69, 9.17) is 65.8 Å². The summed E-state index contributed by atoms with van der Waals surface area (Å²) >= 11 is 5.96. The van der Waals surface area contributed by atoms with Gasteiger partial charge in [-0.25, -0.2) is 53.3 Å². The summed E-state index contributed by atoms with van der Waals surface area (Å²) in [5, 5.41) is 34.2. The number of aromatic nitrogens is 16. The lowest BCUT2D eigenvalue weighted by Crippen LogP contribution is -2.28. The molecule has 18 aromatic rings. The molecule has 0 amide bonds. The van der Waals surface area contributed by atoms with Gasteiger partial charge in [-0.3, -0.25) is 4.79 Å². The van der Waals surface area contributed by atoms with Gasteiger partial charge in [-0.1, -0.05) is 206 Å². The minimum atomic E-state index is -0.438. The molecule has 18 rings (SSSR count). The number of fused-ring (bicyclic) bond motifs is 7. The summed E-state index contributed by atoms with van der Waals surface area (Å²) in [6.07, 6.45) is 10.2. The molecule has 0 atom stereocenters. The predicted octanol–water partition coefficient (Wildman–Crippen LogP) is 22.4. The van der Waals surface area contributed by atoms with Gasteiger partial charge in [0.1, 0.15) is 34.9 Å². The molecule has 8 aromatic carbocycles. The van der Waals surface area contributed by atoms with Crippen LogP contribution in [0.4, 0.5) is 28.6 Å². The standard InChI is InChI=1S/C24H25N5O.C21H22N4.C20H20N4.C17H20N4.C16H17ClN4.CH4/c1-16-9-11-18(12-10-16)21-20-22(25)26-15-27-23(20)29(28-21)24(2,3)14-13-19(30)17-7-5-4-6-8-17;1-21(2,3)25-20-19(17(22)11-12-23-20)18(24-25)13-15-9-6-8-14-7-4-5-10-16(14)15;1-20(2,3)24-19-17(16(21)11-12-22-19)18(23-24)15-10-6-8-13-7-4-5-9-14(13)15;1-11-5-7-12(8-6-11)15-14-13(18)9-10-19-16(14)21(20-15)17(2,3)4;1-16(2,3)21-15-13(12(18)8-9-19-15)14(20-21)10-4-6-11(17)7-5-10;/h4-12,15H,13-14H2,1-3H3,(H2,25,26,27);4-12H,13H2,1-3H3,(H2,22,23);4-12H,1-3H3,(H2,21,22);5-10H,1-4H3,(H2,18,19);4-9H,1-3H3,(H2,18,19);1H4. The zero-order chi connectivity index (χ0) is 86.2. The molecule has 22 nitrogen and oxygen atoms in total. The van der Waals surface area contributed by atoms with Crippen LogP contribution < -0.4 is 28.7 Å². The number of nitrogen functional groups attached to an aromatic ring is 5. The van der Waals surface area contributed by atoms with E-state index in [1.54, 1.807) is 30.9 Å². The van der Waals surface area contributed by atoms with E-state index in [9.17, 15) is 4.79 Å². The Morgan fingerprint density at radius 3 is 1.21 bits per heavy atom. The molecule has 0 saturated heterocycles. The molecule has 0 aliphatic heterocycles. The predicted molar refractivity (Wildman–Crippen MR) is 504 cm³/mol. The van der Waals surface area contributed by atoms with Crippen LogP contribution in [0.5, 0.6) is 0 Å². The van der Waals surface area contributed by atoms with E-state index >= 15 is 0 Å². The highest BCUT2D eigenvalue weighted by Crippen LogP contribution is 2.41. The molecule has 0 saturated carbocycles. The Labute approximate surface area is 717 Å². The van der Waals surface area contributed by atoms with Crippen LogP contribution in [0.15, 0.2) is 243 Å². The smallest absolute Gasteiger partial charge is 0.164 e. The fourth-order valence-electron chi connectivity index (χ4n) is 14.9. The molecular formula is C99H108ClN21O. The number of Topliss-reactive ketones (excluding diaryl/α,β-unsaturated/α-hetero) is 1. The average Bonchev–Trinajstić information content (AvgIpc) is 1.63. The van der Waals surface area contributed by atoms with Crippen molar-refractivity contribution < 1.29 is 4.79 Å². The maximum atomic E-state index is 12.6. The zero-order valence-corrected chi connectivity index (χ0v) is 72.3. The van der Waals surface area contributed by atoms with Crippen LogP contribution in [0.25, 0.3) is 122 Å². The SMILES string of the molecule is C.CC(C)(C)n1nc(-c2ccc(Cl)cc2)c2c(N)ccnc21.CC(C)(C)n1nc(-c2cccc3ccccc23)c2c(N)ccnc21.CC(C)(C)n1nc(Cc2cccc3ccccc23)c2c(N)ccnc21.Cc1ccc(-c2nn(C(C)(C)C)c3nccc(N)c23)cc1.Cc1ccc(-c2nn(C(C)(C)CCC(=O)c3ccccc3)c3ncnc(N)c23)cc1. The van der Waals surface area contributed by atoms with Crippen LogP contribution in [0.3, 0.4) is 0 Å². The maximum absolute atomic E-state index is 12.6. The van der Waals surface area contributed by atoms with E-state index in [0.29, 0.717) is 46.4 Å². The molecule has 23 heteroatoms. The molecule has 622 valence electrons. The van der Waals surface area contributed by atoms with Crippen LogP contribution in [-0.4, -0.2) is 84.6 Å². The highest BCUT2D eigenvalue weighted by atomic mass is 35.5. The molecule has 0 spiro atoms. The number of carbonyl (C=O) groups is 1. The Kier molecular flexibility index (Phi) is 24.4. The van der Waals surface area contributed by atoms with Crippen molar-refractivity contribution in [2.24, 2.45) is 0 Å². The van der Waals surface area contributed by atoms with Gasteiger partial charge in [0.25, 0.3) is 0 Å². The van der Waals surface area contributed by atoms with Crippen molar-refractivity contribution >= 4 is 123 Å². The first-order valence-corrected chi connectivity index (χ1v) is 40.9. The van der Waals surface area contributed by atoms with Crippen molar-refractivity contribution in [2.75, 3.05) is 28.7 Å². The van der Waals surface area contributed by atoms with Crippen LogP contribution in [0.1, 0.15) is 150 Å². The van der Waals surface area contributed by atoms with Crippen molar-refractivity contribution in [1.29, 1.82) is 0 Å². The highest BCUT2D eigenvalue weighted by Gasteiger charge is 2.31. The number of nitrogens with zero attached hydrogens (tertiary/aromatic N) is 16. The summed E-state index contributed by atoms with van der Waals surface area (Å²) < 4.78 is 9.71. The van der Waals surface area contributed by atoms with E-state index in [-0.39, 0.29) is 35.4 Å². The van der Waals surface area contributed by atoms with E-state index in [2.05, 4.69) is 237 Å². The number of anilines is 5. The lowest BCUT2D eigenvalue weighted by Gasteiger charge is -2.25. The van der Waals surface area contributed by atoms with E-state index in [1.165, 1.54) is 44.6 Å². The fourth-order valence-corrected chi connectivity index (χ4v) is 15.0. The summed E-state index contributed by atoms with van der Waals surface area (Å²) in [5.41, 5.74) is 49.7. The number of hydrogen-bond donors (Lipinski definition) is 5. The number of hydrogen-bond acceptors (Lipinski definition) is 17. The fraction of sp³-hybridized carbons (Fsp3) is 0.253. The number of halogens is 1. The Balaban J connectivity index is 0.000000132. The summed E-state index contributed by atoms with van der Waals surface area (Å²) in [6.45, 7) is 33.6. The van der Waals surface area contributed by atoms with E-state index in [1.807, 2.05) is 133 Å². The molecule has 0 aliphatic carbocycles. The van der Waals surface area contributed by atoms with Crippen LogP contribution in [-0.2, 0) is 34.1 Å². The van der Waals surface area contributed by atoms with Crippen molar-refractivity contribution in [3.63, 3.8) is 0 Å². The quantitative estimate of drug-likeness (QED) is 0.0751. The second-order valence-corrected chi connectivity index (χ2v) is 35.6. The average molecular weight is 1640 g/mol. The van der Waals surface area contributed by atoms with Crippen LogP contribution in [0.2, 0.25) is 5.02 Å². The Bertz CT molecular complexity index is 6660. The first-order valence-electron chi connectivity index (χ1n) is 40.5. The molecular weight excluding hydrogens is 1530 g/mol. The number of ketones is 1. The molecule has 0 unspecified atom stereocenters. The van der Waals surface area contributed by atoms with Crippen molar-refractivity contribution in [1.82, 2.24) is 78.8 Å².